The van der Waals surface area contributed by atoms with Crippen molar-refractivity contribution in [1.29, 1.82) is 0 Å². The standard InChI is InChI=1S/C11H18N4O2/c1-15(2)7-4-8-17-11-9(10(12)14-16)5-3-6-13-11/h3,5-6,16H,4,7-8H2,1-2H3,(H2,12,14). The number of rotatable bonds is 6. The van der Waals surface area contributed by atoms with E-state index in [1.54, 1.807) is 18.3 Å². The van der Waals surface area contributed by atoms with Crippen molar-refractivity contribution in [2.45, 2.75) is 6.42 Å². The lowest BCUT2D eigenvalue weighted by Crippen LogP contribution is -2.18. The number of ether oxygens (including phenoxy) is 1. The summed E-state index contributed by atoms with van der Waals surface area (Å²) in [6.07, 6.45) is 2.49. The molecule has 0 bridgehead atoms. The van der Waals surface area contributed by atoms with Crippen LogP contribution in [0.2, 0.25) is 0 Å². The second-order valence-electron chi connectivity index (χ2n) is 3.85. The van der Waals surface area contributed by atoms with E-state index in [1.807, 2.05) is 14.1 Å². The Balaban J connectivity index is 2.58. The first kappa shape index (κ1) is 13.2. The van der Waals surface area contributed by atoms with Crippen LogP contribution in [0.3, 0.4) is 0 Å². The number of amidine groups is 1. The molecule has 0 spiro atoms. The van der Waals surface area contributed by atoms with E-state index in [4.69, 9.17) is 15.7 Å². The van der Waals surface area contributed by atoms with Crippen LogP contribution in [0, 0.1) is 0 Å². The Hall–Kier alpha value is -1.82. The number of hydrogen-bond acceptors (Lipinski definition) is 5. The number of hydrogen-bond donors (Lipinski definition) is 2. The lowest BCUT2D eigenvalue weighted by Gasteiger charge is -2.11. The Morgan fingerprint density at radius 1 is 1.59 bits per heavy atom. The molecule has 0 atom stereocenters. The summed E-state index contributed by atoms with van der Waals surface area (Å²) in [7, 11) is 4.01. The van der Waals surface area contributed by atoms with E-state index in [9.17, 15) is 0 Å². The van der Waals surface area contributed by atoms with Crippen molar-refractivity contribution >= 4 is 5.84 Å². The monoisotopic (exact) mass is 238 g/mol. The zero-order chi connectivity index (χ0) is 12.7. The maximum Gasteiger partial charge on any atom is 0.224 e. The highest BCUT2D eigenvalue weighted by Gasteiger charge is 2.08. The average molecular weight is 238 g/mol. The highest BCUT2D eigenvalue weighted by atomic mass is 16.5. The van der Waals surface area contributed by atoms with Crippen molar-refractivity contribution in [3.05, 3.63) is 23.9 Å². The average Bonchev–Trinajstić information content (AvgIpc) is 2.34. The molecule has 0 aromatic carbocycles. The van der Waals surface area contributed by atoms with Gasteiger partial charge in [-0.05, 0) is 32.6 Å². The van der Waals surface area contributed by atoms with Gasteiger partial charge in [0.05, 0.1) is 12.2 Å². The largest absolute Gasteiger partial charge is 0.477 e. The van der Waals surface area contributed by atoms with Gasteiger partial charge in [0.25, 0.3) is 0 Å². The van der Waals surface area contributed by atoms with Crippen LogP contribution >= 0.6 is 0 Å². The van der Waals surface area contributed by atoms with Crippen LogP contribution in [0.15, 0.2) is 23.5 Å². The molecule has 94 valence electrons. The number of oxime groups is 1. The highest BCUT2D eigenvalue weighted by Crippen LogP contribution is 2.13. The van der Waals surface area contributed by atoms with Crippen molar-refractivity contribution < 1.29 is 9.94 Å². The molecule has 0 radical (unpaired) electrons. The molecule has 0 aliphatic rings. The van der Waals surface area contributed by atoms with E-state index in [0.29, 0.717) is 18.1 Å². The fraction of sp³-hybridized carbons (Fsp3) is 0.455. The van der Waals surface area contributed by atoms with Gasteiger partial charge in [0.1, 0.15) is 0 Å². The number of pyridine rings is 1. The fourth-order valence-electron chi connectivity index (χ4n) is 1.30. The summed E-state index contributed by atoms with van der Waals surface area (Å²) in [4.78, 5) is 6.13. The molecule has 1 aromatic rings. The molecule has 6 nitrogen and oxygen atoms in total. The third kappa shape index (κ3) is 4.28. The summed E-state index contributed by atoms with van der Waals surface area (Å²) in [6.45, 7) is 1.48. The summed E-state index contributed by atoms with van der Waals surface area (Å²) in [5, 5.41) is 11.6. The molecule has 0 saturated carbocycles. The van der Waals surface area contributed by atoms with E-state index in [0.717, 1.165) is 13.0 Å². The van der Waals surface area contributed by atoms with Gasteiger partial charge in [-0.1, -0.05) is 5.16 Å². The summed E-state index contributed by atoms with van der Waals surface area (Å²) in [5.74, 6) is 0.391. The molecule has 1 aromatic heterocycles. The van der Waals surface area contributed by atoms with Crippen LogP contribution in [-0.2, 0) is 0 Å². The van der Waals surface area contributed by atoms with Crippen molar-refractivity contribution in [1.82, 2.24) is 9.88 Å². The highest BCUT2D eigenvalue weighted by molar-refractivity contribution is 5.98. The Morgan fingerprint density at radius 3 is 3.00 bits per heavy atom. The molecule has 17 heavy (non-hydrogen) atoms. The second kappa shape index (κ2) is 6.70. The molecular formula is C11H18N4O2. The zero-order valence-electron chi connectivity index (χ0n) is 10.1. The Kier molecular flexibility index (Phi) is 5.22. The van der Waals surface area contributed by atoms with E-state index < -0.39 is 0 Å². The summed E-state index contributed by atoms with van der Waals surface area (Å²) in [6, 6.07) is 3.41. The molecule has 1 rings (SSSR count). The maximum absolute atomic E-state index is 8.63. The predicted octanol–water partition coefficient (Wildman–Crippen LogP) is 0.507. The predicted molar refractivity (Wildman–Crippen MR) is 65.4 cm³/mol. The molecule has 0 amide bonds. The molecule has 0 aliphatic heterocycles. The molecular weight excluding hydrogens is 220 g/mol. The first-order chi connectivity index (χ1) is 8.15. The summed E-state index contributed by atoms with van der Waals surface area (Å²) in [5.41, 5.74) is 6.02. The minimum atomic E-state index is 0.000657. The van der Waals surface area contributed by atoms with E-state index in [1.165, 1.54) is 0 Å². The van der Waals surface area contributed by atoms with Crippen LogP contribution < -0.4 is 10.5 Å². The molecule has 6 heteroatoms. The lowest BCUT2D eigenvalue weighted by atomic mass is 10.2. The van der Waals surface area contributed by atoms with Crippen molar-refractivity contribution in [3.63, 3.8) is 0 Å². The van der Waals surface area contributed by atoms with Crippen LogP contribution in [0.4, 0.5) is 0 Å². The molecule has 1 heterocycles. The summed E-state index contributed by atoms with van der Waals surface area (Å²) >= 11 is 0. The van der Waals surface area contributed by atoms with Crippen LogP contribution in [-0.4, -0.2) is 48.2 Å². The first-order valence-corrected chi connectivity index (χ1v) is 5.35. The number of nitrogens with zero attached hydrogens (tertiary/aromatic N) is 3. The van der Waals surface area contributed by atoms with Gasteiger partial charge in [-0.2, -0.15) is 0 Å². The third-order valence-corrected chi connectivity index (χ3v) is 2.14. The van der Waals surface area contributed by atoms with Gasteiger partial charge < -0.3 is 20.6 Å². The van der Waals surface area contributed by atoms with E-state index >= 15 is 0 Å². The van der Waals surface area contributed by atoms with Gasteiger partial charge in [-0.15, -0.1) is 0 Å². The Morgan fingerprint density at radius 2 is 2.35 bits per heavy atom. The summed E-state index contributed by atoms with van der Waals surface area (Å²) < 4.78 is 5.50. The van der Waals surface area contributed by atoms with Crippen LogP contribution in [0.1, 0.15) is 12.0 Å². The lowest BCUT2D eigenvalue weighted by molar-refractivity contribution is 0.272. The van der Waals surface area contributed by atoms with Gasteiger partial charge in [0.2, 0.25) is 5.88 Å². The van der Waals surface area contributed by atoms with Crippen LogP contribution in [0.5, 0.6) is 5.88 Å². The van der Waals surface area contributed by atoms with Gasteiger partial charge in [-0.25, -0.2) is 4.98 Å². The topological polar surface area (TPSA) is 84.0 Å². The normalized spacial score (nSPS) is 11.8. The Labute approximate surface area is 101 Å². The SMILES string of the molecule is CN(C)CCCOc1ncccc1/C(N)=N/O. The quantitative estimate of drug-likeness (QED) is 0.248. The second-order valence-corrected chi connectivity index (χ2v) is 3.85. The maximum atomic E-state index is 8.63. The van der Waals surface area contributed by atoms with E-state index in [2.05, 4.69) is 15.0 Å². The first-order valence-electron chi connectivity index (χ1n) is 5.35. The zero-order valence-corrected chi connectivity index (χ0v) is 10.1. The van der Waals surface area contributed by atoms with E-state index in [-0.39, 0.29) is 5.84 Å². The fourth-order valence-corrected chi connectivity index (χ4v) is 1.30. The molecule has 0 aliphatic carbocycles. The number of aromatic nitrogens is 1. The van der Waals surface area contributed by atoms with Gasteiger partial charge in [0.15, 0.2) is 5.84 Å². The molecule has 0 saturated heterocycles. The Bertz CT molecular complexity index is 379. The van der Waals surface area contributed by atoms with Crippen molar-refractivity contribution in [2.75, 3.05) is 27.2 Å². The van der Waals surface area contributed by atoms with Gasteiger partial charge in [-0.3, -0.25) is 0 Å². The minimum absolute atomic E-state index is 0.000657. The number of nitrogens with two attached hydrogens (primary N) is 1. The molecule has 0 fully saturated rings. The third-order valence-electron chi connectivity index (χ3n) is 2.14. The smallest absolute Gasteiger partial charge is 0.224 e. The van der Waals surface area contributed by atoms with Crippen LogP contribution in [0.25, 0.3) is 0 Å². The van der Waals surface area contributed by atoms with Gasteiger partial charge in [0, 0.05) is 12.7 Å². The van der Waals surface area contributed by atoms with Crippen molar-refractivity contribution in [2.24, 2.45) is 10.9 Å². The van der Waals surface area contributed by atoms with Gasteiger partial charge >= 0.3 is 0 Å². The van der Waals surface area contributed by atoms with Crippen molar-refractivity contribution in [3.8, 4) is 5.88 Å². The minimum Gasteiger partial charge on any atom is -0.477 e. The molecule has 3 N–H and O–H groups in total. The molecule has 0 unspecified atom stereocenters.